The standard InChI is InChI=1S/C20H28N6O7S/c1-31-16-17(22-12-23-19(16)33-13-6-9-26(10-7-13)20(27)28)24-14-4-5-15(25-18(14)32-2)21-8-11-34(3,29)30/h4-5,12-13H,6-11H2,1-3H3,(H,21,25)(H,27,28)(H,22,23,24). The van der Waals surface area contributed by atoms with E-state index < -0.39 is 15.9 Å². The summed E-state index contributed by atoms with van der Waals surface area (Å²) in [5.74, 6) is 1.53. The van der Waals surface area contributed by atoms with Crippen molar-refractivity contribution in [3.8, 4) is 17.5 Å². The fourth-order valence-corrected chi connectivity index (χ4v) is 3.79. The van der Waals surface area contributed by atoms with E-state index in [0.29, 0.717) is 43.3 Å². The van der Waals surface area contributed by atoms with Crippen molar-refractivity contribution in [2.45, 2.75) is 18.9 Å². The molecule has 2 aromatic rings. The van der Waals surface area contributed by atoms with Crippen molar-refractivity contribution in [1.82, 2.24) is 19.9 Å². The lowest BCUT2D eigenvalue weighted by Crippen LogP contribution is -2.41. The van der Waals surface area contributed by atoms with E-state index in [9.17, 15) is 13.2 Å². The molecule has 0 saturated carbocycles. The van der Waals surface area contributed by atoms with Gasteiger partial charge in [0.15, 0.2) is 5.82 Å². The number of carbonyl (C=O) groups is 1. The number of carboxylic acid groups (broad SMARTS) is 1. The Hall–Kier alpha value is -3.55. The van der Waals surface area contributed by atoms with Gasteiger partial charge in [0.2, 0.25) is 11.6 Å². The van der Waals surface area contributed by atoms with Gasteiger partial charge in [0.1, 0.15) is 33.8 Å². The third-order valence-corrected chi connectivity index (χ3v) is 6.00. The van der Waals surface area contributed by atoms with Gasteiger partial charge >= 0.3 is 6.09 Å². The lowest BCUT2D eigenvalue weighted by molar-refractivity contribution is 0.0852. The molecule has 1 aliphatic rings. The quantitative estimate of drug-likeness (QED) is 0.436. The van der Waals surface area contributed by atoms with Crippen LogP contribution in [0.5, 0.6) is 17.5 Å². The first-order chi connectivity index (χ1) is 16.2. The van der Waals surface area contributed by atoms with Gasteiger partial charge in [-0.05, 0) is 12.1 Å². The maximum atomic E-state index is 11.3. The summed E-state index contributed by atoms with van der Waals surface area (Å²) in [5, 5.41) is 15.1. The molecule has 0 atom stereocenters. The van der Waals surface area contributed by atoms with E-state index in [1.54, 1.807) is 12.1 Å². The van der Waals surface area contributed by atoms with Crippen LogP contribution in [-0.4, -0.2) is 91.4 Å². The number of pyridine rings is 1. The first-order valence-electron chi connectivity index (χ1n) is 10.5. The van der Waals surface area contributed by atoms with Gasteiger partial charge in [0.05, 0.1) is 20.0 Å². The van der Waals surface area contributed by atoms with Crippen molar-refractivity contribution in [2.24, 2.45) is 0 Å². The van der Waals surface area contributed by atoms with Crippen LogP contribution < -0.4 is 24.8 Å². The van der Waals surface area contributed by atoms with Crippen molar-refractivity contribution in [1.29, 1.82) is 0 Å². The van der Waals surface area contributed by atoms with Crippen LogP contribution in [0.3, 0.4) is 0 Å². The average molecular weight is 497 g/mol. The topological polar surface area (TPSA) is 165 Å². The van der Waals surface area contributed by atoms with Crippen molar-refractivity contribution >= 4 is 33.3 Å². The predicted molar refractivity (Wildman–Crippen MR) is 124 cm³/mol. The summed E-state index contributed by atoms with van der Waals surface area (Å²) in [7, 11) is -0.163. The van der Waals surface area contributed by atoms with Crippen LogP contribution in [-0.2, 0) is 9.84 Å². The van der Waals surface area contributed by atoms with Gasteiger partial charge in [-0.15, -0.1) is 0 Å². The Kier molecular flexibility index (Phi) is 8.15. The molecule has 1 aliphatic heterocycles. The number of amides is 1. The predicted octanol–water partition coefficient (Wildman–Crippen LogP) is 1.61. The molecule has 3 heterocycles. The number of aromatic nitrogens is 3. The van der Waals surface area contributed by atoms with E-state index in [4.69, 9.17) is 19.3 Å². The molecule has 1 amide bonds. The molecule has 1 saturated heterocycles. The van der Waals surface area contributed by atoms with Crippen LogP contribution in [0.15, 0.2) is 18.5 Å². The first-order valence-corrected chi connectivity index (χ1v) is 12.5. The fraction of sp³-hybridized carbons (Fsp3) is 0.500. The number of hydrogen-bond donors (Lipinski definition) is 3. The number of piperidine rings is 1. The van der Waals surface area contributed by atoms with Crippen molar-refractivity contribution in [3.63, 3.8) is 0 Å². The van der Waals surface area contributed by atoms with Gasteiger partial charge in [-0.3, -0.25) is 0 Å². The fourth-order valence-electron chi connectivity index (χ4n) is 3.32. The molecule has 13 nitrogen and oxygen atoms in total. The van der Waals surface area contributed by atoms with Crippen LogP contribution >= 0.6 is 0 Å². The molecular formula is C20H28N6O7S. The highest BCUT2D eigenvalue weighted by Crippen LogP contribution is 2.36. The summed E-state index contributed by atoms with van der Waals surface area (Å²) in [5.41, 5.74) is 0.494. The number of methoxy groups -OCH3 is 2. The zero-order valence-electron chi connectivity index (χ0n) is 19.1. The zero-order chi connectivity index (χ0) is 24.7. The largest absolute Gasteiger partial charge is 0.489 e. The lowest BCUT2D eigenvalue weighted by atomic mass is 10.1. The van der Waals surface area contributed by atoms with E-state index in [2.05, 4.69) is 25.6 Å². The number of nitrogens with one attached hydrogen (secondary N) is 2. The lowest BCUT2D eigenvalue weighted by Gasteiger charge is -2.30. The Morgan fingerprint density at radius 3 is 2.53 bits per heavy atom. The van der Waals surface area contributed by atoms with Crippen LogP contribution in [0.4, 0.5) is 22.1 Å². The third-order valence-electron chi connectivity index (χ3n) is 5.05. The SMILES string of the molecule is COc1nc(NCCS(C)(=O)=O)ccc1Nc1ncnc(OC2CCN(C(=O)O)CC2)c1OC. The summed E-state index contributed by atoms with van der Waals surface area (Å²) in [6.07, 6.45) is 2.42. The minimum atomic E-state index is -3.09. The van der Waals surface area contributed by atoms with Crippen molar-refractivity contribution in [3.05, 3.63) is 18.5 Å². The molecule has 0 radical (unpaired) electrons. The van der Waals surface area contributed by atoms with E-state index in [1.807, 2.05) is 0 Å². The van der Waals surface area contributed by atoms with Gasteiger partial charge < -0.3 is 34.9 Å². The summed E-state index contributed by atoms with van der Waals surface area (Å²) < 4.78 is 39.4. The second-order valence-electron chi connectivity index (χ2n) is 7.58. The number of hydrogen-bond acceptors (Lipinski definition) is 11. The van der Waals surface area contributed by atoms with E-state index in [0.717, 1.165) is 0 Å². The van der Waals surface area contributed by atoms with Crippen LogP contribution in [0.2, 0.25) is 0 Å². The van der Waals surface area contributed by atoms with E-state index >= 15 is 0 Å². The molecule has 0 spiro atoms. The summed E-state index contributed by atoms with van der Waals surface area (Å²) >= 11 is 0. The molecule has 3 N–H and O–H groups in total. The molecule has 186 valence electrons. The number of nitrogens with zero attached hydrogens (tertiary/aromatic N) is 4. The van der Waals surface area contributed by atoms with Gasteiger partial charge in [-0.1, -0.05) is 0 Å². The smallest absolute Gasteiger partial charge is 0.407 e. The molecule has 0 bridgehead atoms. The van der Waals surface area contributed by atoms with Crippen molar-refractivity contribution in [2.75, 3.05) is 56.5 Å². The van der Waals surface area contributed by atoms with Gasteiger partial charge in [0.25, 0.3) is 5.88 Å². The number of likely N-dealkylation sites (tertiary alicyclic amines) is 1. The minimum Gasteiger partial charge on any atom is -0.489 e. The zero-order valence-corrected chi connectivity index (χ0v) is 20.0. The van der Waals surface area contributed by atoms with Crippen LogP contribution in [0.1, 0.15) is 12.8 Å². The summed E-state index contributed by atoms with van der Waals surface area (Å²) in [6.45, 7) is 0.978. The molecule has 14 heteroatoms. The van der Waals surface area contributed by atoms with Gasteiger partial charge in [-0.2, -0.15) is 9.97 Å². The van der Waals surface area contributed by atoms with E-state index in [1.165, 1.54) is 31.7 Å². The second-order valence-corrected chi connectivity index (χ2v) is 9.84. The van der Waals surface area contributed by atoms with Crippen LogP contribution in [0, 0.1) is 0 Å². The molecule has 0 aromatic carbocycles. The molecule has 34 heavy (non-hydrogen) atoms. The Labute approximate surface area is 197 Å². The second kappa shape index (κ2) is 11.0. The Balaban J connectivity index is 1.72. The number of rotatable bonds is 10. The first kappa shape index (κ1) is 25.1. The summed E-state index contributed by atoms with van der Waals surface area (Å²) in [6, 6.07) is 3.38. The third kappa shape index (κ3) is 6.73. The van der Waals surface area contributed by atoms with Crippen LogP contribution in [0.25, 0.3) is 0 Å². The molecule has 0 aliphatic carbocycles. The van der Waals surface area contributed by atoms with Crippen molar-refractivity contribution < 1.29 is 32.5 Å². The monoisotopic (exact) mass is 496 g/mol. The van der Waals surface area contributed by atoms with Gasteiger partial charge in [0, 0.05) is 38.7 Å². The Morgan fingerprint density at radius 2 is 1.91 bits per heavy atom. The molecular weight excluding hydrogens is 468 g/mol. The Morgan fingerprint density at radius 1 is 1.18 bits per heavy atom. The normalized spacial score (nSPS) is 14.4. The molecule has 1 fully saturated rings. The highest BCUT2D eigenvalue weighted by molar-refractivity contribution is 7.90. The number of sulfone groups is 1. The Bertz CT molecular complexity index is 1110. The van der Waals surface area contributed by atoms with E-state index in [-0.39, 0.29) is 35.9 Å². The number of anilines is 3. The highest BCUT2D eigenvalue weighted by Gasteiger charge is 2.26. The molecule has 3 rings (SSSR count). The molecule has 2 aromatic heterocycles. The van der Waals surface area contributed by atoms with Gasteiger partial charge in [-0.25, -0.2) is 18.2 Å². The summed E-state index contributed by atoms with van der Waals surface area (Å²) in [4.78, 5) is 25.2. The maximum Gasteiger partial charge on any atom is 0.407 e. The maximum absolute atomic E-state index is 11.3. The average Bonchev–Trinajstić information content (AvgIpc) is 2.79. The highest BCUT2D eigenvalue weighted by atomic mass is 32.2. The molecule has 0 unspecified atom stereocenters. The minimum absolute atomic E-state index is 0.0206. The number of ether oxygens (including phenoxy) is 3.